The SMILES string of the molecule is C/C=C1/CN2CCc3c([nH]c4ccccc34)[C@@H]2C[C@H]1CC(=O)OC. The third-order valence-corrected chi connectivity index (χ3v) is 5.70. The van der Waals surface area contributed by atoms with Crippen LogP contribution in [0.4, 0.5) is 0 Å². The maximum atomic E-state index is 11.8. The lowest BCUT2D eigenvalue weighted by Gasteiger charge is -2.43. The van der Waals surface area contributed by atoms with Crippen LogP contribution in [-0.4, -0.2) is 36.1 Å². The Morgan fingerprint density at radius 3 is 3.04 bits per heavy atom. The monoisotopic (exact) mass is 324 g/mol. The van der Waals surface area contributed by atoms with E-state index in [0.717, 1.165) is 25.9 Å². The number of hydrogen-bond acceptors (Lipinski definition) is 3. The number of fused-ring (bicyclic) bond motifs is 5. The van der Waals surface area contributed by atoms with E-state index >= 15 is 0 Å². The van der Waals surface area contributed by atoms with Gasteiger partial charge in [-0.25, -0.2) is 0 Å². The zero-order valence-electron chi connectivity index (χ0n) is 14.3. The van der Waals surface area contributed by atoms with E-state index in [9.17, 15) is 4.79 Å². The maximum Gasteiger partial charge on any atom is 0.306 e. The second kappa shape index (κ2) is 6.10. The molecule has 4 nitrogen and oxygen atoms in total. The summed E-state index contributed by atoms with van der Waals surface area (Å²) in [5.41, 5.74) is 5.42. The topological polar surface area (TPSA) is 45.3 Å². The molecule has 0 saturated carbocycles. The van der Waals surface area contributed by atoms with E-state index < -0.39 is 0 Å². The second-order valence-electron chi connectivity index (χ2n) is 6.88. The predicted molar refractivity (Wildman–Crippen MR) is 94.8 cm³/mol. The summed E-state index contributed by atoms with van der Waals surface area (Å²) in [7, 11) is 1.48. The number of ether oxygens (including phenoxy) is 1. The van der Waals surface area contributed by atoms with E-state index in [0.29, 0.717) is 12.5 Å². The van der Waals surface area contributed by atoms with Gasteiger partial charge in [0.2, 0.25) is 0 Å². The van der Waals surface area contributed by atoms with Crippen LogP contribution >= 0.6 is 0 Å². The lowest BCUT2D eigenvalue weighted by Crippen LogP contribution is -2.43. The maximum absolute atomic E-state index is 11.8. The van der Waals surface area contributed by atoms with Crippen molar-refractivity contribution in [3.8, 4) is 0 Å². The van der Waals surface area contributed by atoms with Gasteiger partial charge in [-0.3, -0.25) is 9.69 Å². The van der Waals surface area contributed by atoms with Crippen LogP contribution in [0.3, 0.4) is 0 Å². The molecule has 0 bridgehead atoms. The third-order valence-electron chi connectivity index (χ3n) is 5.70. The van der Waals surface area contributed by atoms with E-state index in [2.05, 4.69) is 47.1 Å². The summed E-state index contributed by atoms with van der Waals surface area (Å²) in [6.07, 6.45) is 4.74. The van der Waals surface area contributed by atoms with Crippen LogP contribution in [-0.2, 0) is 16.0 Å². The molecule has 2 aromatic rings. The minimum absolute atomic E-state index is 0.111. The number of rotatable bonds is 2. The molecule has 0 radical (unpaired) electrons. The van der Waals surface area contributed by atoms with Crippen LogP contribution in [0, 0.1) is 5.92 Å². The summed E-state index contributed by atoms with van der Waals surface area (Å²) < 4.78 is 4.91. The summed E-state index contributed by atoms with van der Waals surface area (Å²) in [6, 6.07) is 8.94. The molecule has 1 aromatic heterocycles. The Morgan fingerprint density at radius 1 is 1.42 bits per heavy atom. The van der Waals surface area contributed by atoms with Crippen LogP contribution in [0.5, 0.6) is 0 Å². The molecule has 0 spiro atoms. The quantitative estimate of drug-likeness (QED) is 0.678. The van der Waals surface area contributed by atoms with E-state index in [1.54, 1.807) is 0 Å². The van der Waals surface area contributed by atoms with Crippen molar-refractivity contribution < 1.29 is 9.53 Å². The number of para-hydroxylation sites is 1. The highest BCUT2D eigenvalue weighted by Gasteiger charge is 2.38. The first-order valence-electron chi connectivity index (χ1n) is 8.76. The Balaban J connectivity index is 1.69. The highest BCUT2D eigenvalue weighted by molar-refractivity contribution is 5.85. The van der Waals surface area contributed by atoms with Gasteiger partial charge in [0.15, 0.2) is 0 Å². The summed E-state index contributed by atoms with van der Waals surface area (Å²) >= 11 is 0. The summed E-state index contributed by atoms with van der Waals surface area (Å²) in [6.45, 7) is 4.12. The minimum Gasteiger partial charge on any atom is -0.469 e. The molecule has 1 saturated heterocycles. The molecule has 4 heteroatoms. The van der Waals surface area contributed by atoms with Gasteiger partial charge in [-0.1, -0.05) is 29.8 Å². The highest BCUT2D eigenvalue weighted by atomic mass is 16.5. The molecule has 4 rings (SSSR count). The first-order chi connectivity index (χ1) is 11.7. The Hall–Kier alpha value is -2.07. The van der Waals surface area contributed by atoms with E-state index in [1.807, 2.05) is 0 Å². The van der Waals surface area contributed by atoms with Gasteiger partial charge >= 0.3 is 5.97 Å². The Bertz CT molecular complexity index is 805. The second-order valence-corrected chi connectivity index (χ2v) is 6.88. The standard InChI is InChI=1S/C20H24N2O2/c1-3-13-12-22-9-8-16-15-6-4-5-7-17(15)21-20(16)18(22)10-14(13)11-19(23)24-2/h3-7,14,18,21H,8-12H2,1-2H3/b13-3-/t14-,18-/m0/s1. The lowest BCUT2D eigenvalue weighted by molar-refractivity contribution is -0.141. The molecule has 0 unspecified atom stereocenters. The average molecular weight is 324 g/mol. The molecule has 126 valence electrons. The molecule has 2 aliphatic heterocycles. The van der Waals surface area contributed by atoms with E-state index in [1.165, 1.54) is 34.8 Å². The first-order valence-corrected chi connectivity index (χ1v) is 8.76. The fourth-order valence-electron chi connectivity index (χ4n) is 4.44. The number of nitrogens with one attached hydrogen (secondary N) is 1. The number of methoxy groups -OCH3 is 1. The Morgan fingerprint density at radius 2 is 2.25 bits per heavy atom. The van der Waals surface area contributed by atoms with Gasteiger partial charge in [-0.15, -0.1) is 0 Å². The van der Waals surface area contributed by atoms with Crippen LogP contribution in [0.2, 0.25) is 0 Å². The van der Waals surface area contributed by atoms with Gasteiger partial charge < -0.3 is 9.72 Å². The molecular weight excluding hydrogens is 300 g/mol. The van der Waals surface area contributed by atoms with Crippen molar-refractivity contribution in [1.82, 2.24) is 9.88 Å². The number of aromatic nitrogens is 1. The number of carbonyl (C=O) groups excluding carboxylic acids is 1. The smallest absolute Gasteiger partial charge is 0.306 e. The largest absolute Gasteiger partial charge is 0.469 e. The zero-order valence-corrected chi connectivity index (χ0v) is 14.3. The number of carbonyl (C=O) groups is 1. The molecule has 0 amide bonds. The van der Waals surface area contributed by atoms with Crippen molar-refractivity contribution in [3.05, 3.63) is 47.2 Å². The summed E-state index contributed by atoms with van der Waals surface area (Å²) in [4.78, 5) is 18.0. The minimum atomic E-state index is -0.111. The van der Waals surface area contributed by atoms with Gasteiger partial charge in [0.1, 0.15) is 0 Å². The van der Waals surface area contributed by atoms with Gasteiger partial charge in [0.05, 0.1) is 19.6 Å². The number of H-pyrrole nitrogens is 1. The Kier molecular flexibility index (Phi) is 3.93. The number of hydrogen-bond donors (Lipinski definition) is 1. The third kappa shape index (κ3) is 2.46. The highest BCUT2D eigenvalue weighted by Crippen LogP contribution is 2.43. The normalized spacial score (nSPS) is 25.5. The van der Waals surface area contributed by atoms with E-state index in [-0.39, 0.29) is 11.9 Å². The van der Waals surface area contributed by atoms with Crippen LogP contribution in [0.25, 0.3) is 10.9 Å². The molecule has 24 heavy (non-hydrogen) atoms. The molecule has 1 aromatic carbocycles. The number of piperidine rings is 1. The molecule has 1 N–H and O–H groups in total. The van der Waals surface area contributed by atoms with Gasteiger partial charge in [-0.05, 0) is 37.3 Å². The van der Waals surface area contributed by atoms with Crippen molar-refractivity contribution in [2.24, 2.45) is 5.92 Å². The summed E-state index contributed by atoms with van der Waals surface area (Å²) in [5, 5.41) is 1.36. The Labute approximate surface area is 142 Å². The van der Waals surface area contributed by atoms with Crippen LogP contribution in [0.15, 0.2) is 35.9 Å². The number of aromatic amines is 1. The van der Waals surface area contributed by atoms with Crippen LogP contribution < -0.4 is 0 Å². The van der Waals surface area contributed by atoms with Crippen molar-refractivity contribution in [2.75, 3.05) is 20.2 Å². The molecule has 3 heterocycles. The van der Waals surface area contributed by atoms with Gasteiger partial charge in [0, 0.05) is 29.7 Å². The molecule has 0 aliphatic carbocycles. The van der Waals surface area contributed by atoms with Crippen molar-refractivity contribution in [2.45, 2.75) is 32.2 Å². The van der Waals surface area contributed by atoms with Gasteiger partial charge in [0.25, 0.3) is 0 Å². The number of benzene rings is 1. The van der Waals surface area contributed by atoms with E-state index in [4.69, 9.17) is 4.74 Å². The molecule has 2 atom stereocenters. The average Bonchev–Trinajstić information content (AvgIpc) is 3.00. The fraction of sp³-hybridized carbons (Fsp3) is 0.450. The molecule has 1 fully saturated rings. The predicted octanol–water partition coefficient (Wildman–Crippen LogP) is 3.60. The lowest BCUT2D eigenvalue weighted by atomic mass is 9.80. The summed E-state index contributed by atoms with van der Waals surface area (Å²) in [5.74, 6) is 0.168. The van der Waals surface area contributed by atoms with Gasteiger partial charge in [-0.2, -0.15) is 0 Å². The number of esters is 1. The zero-order chi connectivity index (χ0) is 16.7. The number of nitrogens with zero attached hydrogens (tertiary/aromatic N) is 1. The number of allylic oxidation sites excluding steroid dienone is 1. The van der Waals surface area contributed by atoms with Crippen molar-refractivity contribution in [3.63, 3.8) is 0 Å². The fourth-order valence-corrected chi connectivity index (χ4v) is 4.44. The molecule has 2 aliphatic rings. The van der Waals surface area contributed by atoms with Crippen molar-refractivity contribution >= 4 is 16.9 Å². The van der Waals surface area contributed by atoms with Crippen molar-refractivity contribution in [1.29, 1.82) is 0 Å². The molecular formula is C20H24N2O2. The van der Waals surface area contributed by atoms with Crippen LogP contribution in [0.1, 0.15) is 37.1 Å². The first kappa shape index (κ1) is 15.5.